The number of nitrogens with zero attached hydrogens (tertiary/aromatic N) is 1. The van der Waals surface area contributed by atoms with Crippen LogP contribution in [-0.4, -0.2) is 11.9 Å². The van der Waals surface area contributed by atoms with E-state index in [0.717, 1.165) is 4.90 Å². The van der Waals surface area contributed by atoms with E-state index in [1.165, 1.54) is 11.8 Å². The first-order valence-electron chi connectivity index (χ1n) is 5.65. The van der Waals surface area contributed by atoms with Gasteiger partial charge in [0.15, 0.2) is 0 Å². The quantitative estimate of drug-likeness (QED) is 0.484. The number of benzene rings is 2. The van der Waals surface area contributed by atoms with Crippen molar-refractivity contribution in [3.05, 3.63) is 65.7 Å². The fraction of sp³-hybridized carbons (Fsp3) is 0.0667. The van der Waals surface area contributed by atoms with Gasteiger partial charge in [0.25, 0.3) is 0 Å². The predicted molar refractivity (Wildman–Crippen MR) is 73.7 cm³/mol. The van der Waals surface area contributed by atoms with Crippen LogP contribution in [0.2, 0.25) is 0 Å². The van der Waals surface area contributed by atoms with E-state index in [-0.39, 0.29) is 11.9 Å². The smallest absolute Gasteiger partial charge is 0.338 e. The molecule has 0 bridgehead atoms. The number of carbonyl (C=O) groups excluding carboxylic acids is 1. The Morgan fingerprint density at radius 3 is 2.42 bits per heavy atom. The summed E-state index contributed by atoms with van der Waals surface area (Å²) in [4.78, 5) is 12.8. The second-order valence-corrected chi connectivity index (χ2v) is 4.69. The lowest BCUT2D eigenvalue weighted by molar-refractivity contribution is 0.0579. The van der Waals surface area contributed by atoms with Gasteiger partial charge in [-0.05, 0) is 36.4 Å². The molecule has 0 aromatic heterocycles. The monoisotopic (exact) mass is 269 g/mol. The van der Waals surface area contributed by atoms with Gasteiger partial charge in [-0.15, -0.1) is 0 Å². The number of carbonyl (C=O) groups is 1. The molecular formula is C15H11NO2S. The molecule has 0 spiro atoms. The minimum Gasteiger partial charge on any atom is -0.451 e. The fourth-order valence-corrected chi connectivity index (χ4v) is 2.08. The first-order valence-corrected chi connectivity index (χ1v) is 6.63. The molecule has 19 heavy (non-hydrogen) atoms. The predicted octanol–water partition coefficient (Wildman–Crippen LogP) is 3.46. The van der Waals surface area contributed by atoms with E-state index in [1.54, 1.807) is 24.3 Å². The third-order valence-corrected chi connectivity index (χ3v) is 3.25. The van der Waals surface area contributed by atoms with E-state index in [9.17, 15) is 4.79 Å². The van der Waals surface area contributed by atoms with Gasteiger partial charge in [-0.2, -0.15) is 5.26 Å². The summed E-state index contributed by atoms with van der Waals surface area (Å²) in [5.74, 6) is -0.115. The molecule has 0 amide bonds. The van der Waals surface area contributed by atoms with Gasteiger partial charge in [-0.3, -0.25) is 0 Å². The van der Waals surface area contributed by atoms with Gasteiger partial charge in [0, 0.05) is 4.90 Å². The van der Waals surface area contributed by atoms with E-state index in [0.29, 0.717) is 11.1 Å². The molecule has 0 atom stereocenters. The molecule has 0 saturated carbocycles. The Labute approximate surface area is 115 Å². The first kappa shape index (κ1) is 13.2. The summed E-state index contributed by atoms with van der Waals surface area (Å²) in [7, 11) is 0. The van der Waals surface area contributed by atoms with E-state index >= 15 is 0 Å². The van der Waals surface area contributed by atoms with Crippen LogP contribution in [0.15, 0.2) is 59.5 Å². The van der Waals surface area contributed by atoms with Crippen molar-refractivity contribution < 1.29 is 9.53 Å². The molecular weight excluding hydrogens is 258 g/mol. The second-order valence-electron chi connectivity index (χ2n) is 3.70. The zero-order valence-electron chi connectivity index (χ0n) is 10.1. The van der Waals surface area contributed by atoms with Gasteiger partial charge < -0.3 is 4.74 Å². The highest BCUT2D eigenvalue weighted by Gasteiger charge is 2.06. The highest BCUT2D eigenvalue weighted by Crippen LogP contribution is 2.17. The number of thioether (sulfide) groups is 1. The van der Waals surface area contributed by atoms with Gasteiger partial charge in [0.1, 0.15) is 5.94 Å². The van der Waals surface area contributed by atoms with Crippen LogP contribution < -0.4 is 0 Å². The Hall–Kier alpha value is -2.25. The highest BCUT2D eigenvalue weighted by atomic mass is 32.2. The molecule has 0 aliphatic heterocycles. The molecule has 2 rings (SSSR count). The third kappa shape index (κ3) is 3.87. The minimum absolute atomic E-state index is 0.267. The average Bonchev–Trinajstić information content (AvgIpc) is 2.48. The van der Waals surface area contributed by atoms with E-state index in [1.807, 2.05) is 36.4 Å². The third-order valence-electron chi connectivity index (χ3n) is 2.41. The number of ether oxygens (including phenoxy) is 1. The Balaban J connectivity index is 1.86. The van der Waals surface area contributed by atoms with Crippen molar-refractivity contribution >= 4 is 17.7 Å². The number of hydrogen-bond donors (Lipinski definition) is 0. The molecule has 0 N–H and O–H groups in total. The Morgan fingerprint density at radius 1 is 1.11 bits per heavy atom. The highest BCUT2D eigenvalue weighted by molar-refractivity contribution is 7.99. The summed E-state index contributed by atoms with van der Waals surface area (Å²) >= 11 is 1.46. The maximum Gasteiger partial charge on any atom is 0.338 e. The Bertz CT molecular complexity index is 588. The van der Waals surface area contributed by atoms with Crippen LogP contribution >= 0.6 is 11.8 Å². The van der Waals surface area contributed by atoms with Crippen molar-refractivity contribution in [3.8, 4) is 6.07 Å². The normalized spacial score (nSPS) is 9.63. The van der Waals surface area contributed by atoms with Gasteiger partial charge in [0.05, 0.1) is 17.2 Å². The van der Waals surface area contributed by atoms with Crippen molar-refractivity contribution in [2.24, 2.45) is 0 Å². The Morgan fingerprint density at radius 2 is 1.79 bits per heavy atom. The minimum atomic E-state index is -0.382. The topological polar surface area (TPSA) is 50.1 Å². The van der Waals surface area contributed by atoms with Gasteiger partial charge in [0.2, 0.25) is 0 Å². The van der Waals surface area contributed by atoms with Gasteiger partial charge in [-0.25, -0.2) is 4.79 Å². The summed E-state index contributed by atoms with van der Waals surface area (Å²) in [6, 6.07) is 18.1. The SMILES string of the molecule is N#Cc1ccc(C(=O)OCSc2ccccc2)cc1. The molecule has 0 fully saturated rings. The van der Waals surface area contributed by atoms with E-state index in [2.05, 4.69) is 0 Å². The van der Waals surface area contributed by atoms with Gasteiger partial charge in [-0.1, -0.05) is 30.0 Å². The van der Waals surface area contributed by atoms with Crippen LogP contribution in [0.4, 0.5) is 0 Å². The molecule has 0 saturated heterocycles. The number of esters is 1. The summed E-state index contributed by atoms with van der Waals surface area (Å²) in [5.41, 5.74) is 0.975. The van der Waals surface area contributed by atoms with Crippen molar-refractivity contribution in [2.75, 3.05) is 5.94 Å². The maximum atomic E-state index is 11.7. The molecule has 0 unspecified atom stereocenters. The molecule has 0 aliphatic rings. The molecule has 0 radical (unpaired) electrons. The molecule has 94 valence electrons. The van der Waals surface area contributed by atoms with Crippen LogP contribution in [0.25, 0.3) is 0 Å². The average molecular weight is 269 g/mol. The van der Waals surface area contributed by atoms with Crippen LogP contribution in [0, 0.1) is 11.3 Å². The first-order chi connectivity index (χ1) is 9.29. The lowest BCUT2D eigenvalue weighted by atomic mass is 10.1. The molecule has 0 aliphatic carbocycles. The van der Waals surface area contributed by atoms with Crippen molar-refractivity contribution in [3.63, 3.8) is 0 Å². The van der Waals surface area contributed by atoms with Crippen LogP contribution in [-0.2, 0) is 4.74 Å². The zero-order chi connectivity index (χ0) is 13.5. The molecule has 0 heterocycles. The summed E-state index contributed by atoms with van der Waals surface area (Å²) in [6.45, 7) is 0. The number of hydrogen-bond acceptors (Lipinski definition) is 4. The Kier molecular flexibility index (Phi) is 4.60. The molecule has 2 aromatic carbocycles. The van der Waals surface area contributed by atoms with Crippen LogP contribution in [0.1, 0.15) is 15.9 Å². The summed E-state index contributed by atoms with van der Waals surface area (Å²) < 4.78 is 5.15. The van der Waals surface area contributed by atoms with Crippen LogP contribution in [0.3, 0.4) is 0 Å². The summed E-state index contributed by atoms with van der Waals surface area (Å²) in [6.07, 6.45) is 0. The molecule has 4 heteroatoms. The molecule has 2 aromatic rings. The van der Waals surface area contributed by atoms with Crippen molar-refractivity contribution in [1.29, 1.82) is 5.26 Å². The summed E-state index contributed by atoms with van der Waals surface area (Å²) in [5, 5.41) is 8.67. The zero-order valence-corrected chi connectivity index (χ0v) is 10.9. The number of nitriles is 1. The van der Waals surface area contributed by atoms with Crippen molar-refractivity contribution in [2.45, 2.75) is 4.90 Å². The second kappa shape index (κ2) is 6.62. The largest absolute Gasteiger partial charge is 0.451 e. The lowest BCUT2D eigenvalue weighted by Crippen LogP contribution is -2.04. The lowest BCUT2D eigenvalue weighted by Gasteiger charge is -2.04. The maximum absolute atomic E-state index is 11.7. The van der Waals surface area contributed by atoms with Gasteiger partial charge >= 0.3 is 5.97 Å². The van der Waals surface area contributed by atoms with Crippen LogP contribution in [0.5, 0.6) is 0 Å². The number of rotatable bonds is 4. The fourth-order valence-electron chi connectivity index (χ4n) is 1.43. The molecule has 3 nitrogen and oxygen atoms in total. The standard InChI is InChI=1S/C15H11NO2S/c16-10-12-6-8-13(9-7-12)15(17)18-11-19-14-4-2-1-3-5-14/h1-9H,11H2. The van der Waals surface area contributed by atoms with E-state index < -0.39 is 0 Å². The van der Waals surface area contributed by atoms with Crippen molar-refractivity contribution in [1.82, 2.24) is 0 Å². The van der Waals surface area contributed by atoms with E-state index in [4.69, 9.17) is 10.00 Å².